The number of ether oxygens (including phenoxy) is 2. The molecule has 2 heterocycles. The molecule has 2 unspecified atom stereocenters. The molecule has 7 nitrogen and oxygen atoms in total. The minimum atomic E-state index is -1.07. The fraction of sp³-hybridized carbons (Fsp3) is 0.562. The summed E-state index contributed by atoms with van der Waals surface area (Å²) >= 11 is 0. The van der Waals surface area contributed by atoms with E-state index in [0.29, 0.717) is 25.5 Å². The van der Waals surface area contributed by atoms with Gasteiger partial charge in [-0.1, -0.05) is 6.07 Å². The third-order valence-corrected chi connectivity index (χ3v) is 3.53. The summed E-state index contributed by atoms with van der Waals surface area (Å²) in [6.45, 7) is 4.68. The molecular weight excluding hydrogens is 300 g/mol. The van der Waals surface area contributed by atoms with E-state index in [2.05, 4.69) is 10.3 Å². The summed E-state index contributed by atoms with van der Waals surface area (Å²) in [7, 11) is 0. The molecule has 0 saturated carbocycles. The lowest BCUT2D eigenvalue weighted by Crippen LogP contribution is -2.48. The number of carboxylic acid groups (broad SMARTS) is 1. The number of carbonyl (C=O) groups excluding carboxylic acids is 1. The van der Waals surface area contributed by atoms with Crippen molar-refractivity contribution in [3.63, 3.8) is 0 Å². The Bertz CT molecular complexity index is 555. The van der Waals surface area contributed by atoms with Gasteiger partial charge in [-0.2, -0.15) is 0 Å². The number of pyridine rings is 1. The zero-order valence-electron chi connectivity index (χ0n) is 13.3. The van der Waals surface area contributed by atoms with Gasteiger partial charge in [-0.05, 0) is 32.8 Å². The number of aliphatic carboxylic acids is 1. The van der Waals surface area contributed by atoms with Crippen LogP contribution in [0.25, 0.3) is 0 Å². The highest BCUT2D eigenvalue weighted by atomic mass is 16.5. The molecule has 2 N–H and O–H groups in total. The van der Waals surface area contributed by atoms with E-state index in [1.165, 1.54) is 6.07 Å². The van der Waals surface area contributed by atoms with Crippen molar-refractivity contribution in [3.8, 4) is 5.88 Å². The second-order valence-corrected chi connectivity index (χ2v) is 5.79. The Labute approximate surface area is 135 Å². The molecule has 0 spiro atoms. The number of nitrogens with one attached hydrogen (secondary N) is 1. The first kappa shape index (κ1) is 17.2. The average molecular weight is 322 g/mol. The molecule has 2 rings (SSSR count). The van der Waals surface area contributed by atoms with Gasteiger partial charge in [-0.25, -0.2) is 9.78 Å². The summed E-state index contributed by atoms with van der Waals surface area (Å²) in [6.07, 6.45) is 1.44. The molecule has 1 fully saturated rings. The van der Waals surface area contributed by atoms with E-state index in [1.807, 2.05) is 13.8 Å². The molecule has 7 heteroatoms. The van der Waals surface area contributed by atoms with Gasteiger partial charge in [-0.15, -0.1) is 0 Å². The van der Waals surface area contributed by atoms with Crippen LogP contribution in [0.3, 0.4) is 0 Å². The van der Waals surface area contributed by atoms with E-state index in [1.54, 1.807) is 12.1 Å². The lowest BCUT2D eigenvalue weighted by molar-refractivity contribution is -0.142. The van der Waals surface area contributed by atoms with Gasteiger partial charge in [-0.3, -0.25) is 4.79 Å². The largest absolute Gasteiger partial charge is 0.480 e. The summed E-state index contributed by atoms with van der Waals surface area (Å²) in [5.41, 5.74) is 0.131. The molecule has 1 aromatic rings. The van der Waals surface area contributed by atoms with Gasteiger partial charge in [0.15, 0.2) is 0 Å². The van der Waals surface area contributed by atoms with E-state index in [9.17, 15) is 14.7 Å². The van der Waals surface area contributed by atoms with Gasteiger partial charge in [0.05, 0.1) is 12.7 Å². The smallest absolute Gasteiger partial charge is 0.326 e. The van der Waals surface area contributed by atoms with Gasteiger partial charge in [0, 0.05) is 18.6 Å². The Hall–Kier alpha value is -2.15. The molecule has 0 radical (unpaired) electrons. The van der Waals surface area contributed by atoms with E-state index in [4.69, 9.17) is 9.47 Å². The van der Waals surface area contributed by atoms with Crippen molar-refractivity contribution < 1.29 is 24.2 Å². The number of hydrogen-bond acceptors (Lipinski definition) is 5. The van der Waals surface area contributed by atoms with Crippen molar-refractivity contribution in [1.29, 1.82) is 0 Å². The maximum absolute atomic E-state index is 12.3. The molecule has 2 atom stereocenters. The minimum Gasteiger partial charge on any atom is -0.480 e. The van der Waals surface area contributed by atoms with Crippen molar-refractivity contribution in [2.24, 2.45) is 5.92 Å². The second-order valence-electron chi connectivity index (χ2n) is 5.79. The number of nitrogens with zero attached hydrogens (tertiary/aromatic N) is 1. The number of aromatic nitrogens is 1. The molecule has 1 aliphatic rings. The summed E-state index contributed by atoms with van der Waals surface area (Å²) in [5.74, 6) is -1.50. The van der Waals surface area contributed by atoms with Gasteiger partial charge >= 0.3 is 5.97 Å². The Balaban J connectivity index is 2.07. The van der Waals surface area contributed by atoms with Crippen LogP contribution in [0, 0.1) is 5.92 Å². The lowest BCUT2D eigenvalue weighted by Gasteiger charge is -2.28. The number of carboxylic acids is 1. The zero-order chi connectivity index (χ0) is 16.8. The lowest BCUT2D eigenvalue weighted by atomic mass is 9.93. The zero-order valence-corrected chi connectivity index (χ0v) is 13.3. The molecule has 126 valence electrons. The summed E-state index contributed by atoms with van der Waals surface area (Å²) in [4.78, 5) is 27.9. The highest BCUT2D eigenvalue weighted by Gasteiger charge is 2.31. The normalized spacial score (nSPS) is 19.2. The number of rotatable bonds is 6. The molecule has 1 aliphatic heterocycles. The maximum atomic E-state index is 12.3. The molecule has 23 heavy (non-hydrogen) atoms. The maximum Gasteiger partial charge on any atom is 0.326 e. The van der Waals surface area contributed by atoms with Crippen LogP contribution in [0.1, 0.15) is 37.2 Å². The van der Waals surface area contributed by atoms with Crippen molar-refractivity contribution in [1.82, 2.24) is 10.3 Å². The first-order valence-corrected chi connectivity index (χ1v) is 7.72. The fourth-order valence-corrected chi connectivity index (χ4v) is 2.47. The van der Waals surface area contributed by atoms with Crippen LogP contribution in [0.2, 0.25) is 0 Å². The fourth-order valence-electron chi connectivity index (χ4n) is 2.47. The van der Waals surface area contributed by atoms with Crippen molar-refractivity contribution in [2.45, 2.75) is 38.8 Å². The van der Waals surface area contributed by atoms with Crippen LogP contribution in [0.5, 0.6) is 5.88 Å². The monoisotopic (exact) mass is 322 g/mol. The molecule has 1 aromatic heterocycles. The van der Waals surface area contributed by atoms with E-state index >= 15 is 0 Å². The molecule has 0 aliphatic carbocycles. The van der Waals surface area contributed by atoms with E-state index < -0.39 is 17.9 Å². The van der Waals surface area contributed by atoms with Gasteiger partial charge in [0.1, 0.15) is 11.7 Å². The van der Waals surface area contributed by atoms with Crippen LogP contribution in [-0.4, -0.2) is 47.3 Å². The van der Waals surface area contributed by atoms with Crippen molar-refractivity contribution in [3.05, 3.63) is 23.9 Å². The molecular formula is C16H22N2O5. The predicted octanol–water partition coefficient (Wildman–Crippen LogP) is 1.48. The summed E-state index contributed by atoms with van der Waals surface area (Å²) < 4.78 is 10.8. The van der Waals surface area contributed by atoms with Crippen LogP contribution < -0.4 is 10.1 Å². The van der Waals surface area contributed by atoms with Crippen molar-refractivity contribution >= 4 is 11.9 Å². The number of carbonyl (C=O) groups is 2. The highest BCUT2D eigenvalue weighted by molar-refractivity contribution is 5.95. The predicted molar refractivity (Wildman–Crippen MR) is 82.4 cm³/mol. The second kappa shape index (κ2) is 7.92. The Morgan fingerprint density at radius 1 is 1.43 bits per heavy atom. The molecule has 1 saturated heterocycles. The minimum absolute atomic E-state index is 0.0630. The molecule has 0 aromatic carbocycles. The summed E-state index contributed by atoms with van der Waals surface area (Å²) in [5, 5.41) is 11.9. The summed E-state index contributed by atoms with van der Waals surface area (Å²) in [6, 6.07) is 3.84. The Kier molecular flexibility index (Phi) is 5.92. The molecule has 0 bridgehead atoms. The standard InChI is InChI=1S/C16H22N2O5/c1-10(2)23-13-7-3-6-12(17-13)15(19)18-14(16(20)21)11-5-4-8-22-9-11/h3,6-7,10-11,14H,4-5,8-9H2,1-2H3,(H,18,19)(H,20,21). The van der Waals surface area contributed by atoms with Crippen molar-refractivity contribution in [2.75, 3.05) is 13.2 Å². The van der Waals surface area contributed by atoms with Crippen LogP contribution in [0.15, 0.2) is 18.2 Å². The van der Waals surface area contributed by atoms with Gasteiger partial charge < -0.3 is 19.9 Å². The molecule has 1 amide bonds. The topological polar surface area (TPSA) is 97.8 Å². The van der Waals surface area contributed by atoms with Crippen LogP contribution in [0.4, 0.5) is 0 Å². The third-order valence-electron chi connectivity index (χ3n) is 3.53. The SMILES string of the molecule is CC(C)Oc1cccc(C(=O)NC(C(=O)O)C2CCCOC2)n1. The number of hydrogen-bond donors (Lipinski definition) is 2. The van der Waals surface area contributed by atoms with E-state index in [0.717, 1.165) is 6.42 Å². The Morgan fingerprint density at radius 3 is 2.83 bits per heavy atom. The highest BCUT2D eigenvalue weighted by Crippen LogP contribution is 2.18. The first-order valence-electron chi connectivity index (χ1n) is 7.72. The quantitative estimate of drug-likeness (QED) is 0.823. The van der Waals surface area contributed by atoms with Crippen LogP contribution in [-0.2, 0) is 9.53 Å². The van der Waals surface area contributed by atoms with Gasteiger partial charge in [0.2, 0.25) is 5.88 Å². The third kappa shape index (κ3) is 4.92. The van der Waals surface area contributed by atoms with E-state index in [-0.39, 0.29) is 17.7 Å². The average Bonchev–Trinajstić information content (AvgIpc) is 2.52. The number of amides is 1. The Morgan fingerprint density at radius 2 is 2.22 bits per heavy atom. The first-order chi connectivity index (χ1) is 11.0. The van der Waals surface area contributed by atoms with Crippen LogP contribution >= 0.6 is 0 Å². The van der Waals surface area contributed by atoms with Gasteiger partial charge in [0.25, 0.3) is 5.91 Å².